The van der Waals surface area contributed by atoms with Gasteiger partial charge >= 0.3 is 0 Å². The van der Waals surface area contributed by atoms with Crippen molar-refractivity contribution in [3.63, 3.8) is 0 Å². The molecule has 17 heavy (non-hydrogen) atoms. The first kappa shape index (κ1) is 11.5. The maximum absolute atomic E-state index is 11.6. The van der Waals surface area contributed by atoms with Crippen LogP contribution in [0.15, 0.2) is 24.5 Å². The molecule has 0 aromatic carbocycles. The molecule has 0 aliphatic carbocycles. The molecule has 0 unspecified atom stereocenters. The Labute approximate surface area is 103 Å². The van der Waals surface area contributed by atoms with Crippen LogP contribution in [0, 0.1) is 6.92 Å². The molecule has 7 heteroatoms. The highest BCUT2D eigenvalue weighted by Gasteiger charge is 2.06. The van der Waals surface area contributed by atoms with E-state index in [9.17, 15) is 4.79 Å². The normalized spacial score (nSPS) is 10.2. The molecule has 2 rings (SSSR count). The summed E-state index contributed by atoms with van der Waals surface area (Å²) in [5.74, 6) is -0.0532. The number of aryl methyl sites for hydroxylation is 1. The zero-order chi connectivity index (χ0) is 12.3. The SMILES string of the molecule is Cc1cc(Cl)nc(NC(=O)Cn2cccn2)n1. The van der Waals surface area contributed by atoms with Gasteiger partial charge in [0.1, 0.15) is 11.7 Å². The minimum absolute atomic E-state index is 0.113. The van der Waals surface area contributed by atoms with Crippen LogP contribution in [0.4, 0.5) is 5.95 Å². The summed E-state index contributed by atoms with van der Waals surface area (Å²) in [6.45, 7) is 1.89. The fourth-order valence-electron chi connectivity index (χ4n) is 1.29. The Balaban J connectivity index is 2.03. The number of rotatable bonds is 3. The van der Waals surface area contributed by atoms with E-state index < -0.39 is 0 Å². The van der Waals surface area contributed by atoms with Crippen molar-refractivity contribution >= 4 is 23.5 Å². The van der Waals surface area contributed by atoms with Crippen molar-refractivity contribution in [1.82, 2.24) is 19.7 Å². The molecule has 2 heterocycles. The van der Waals surface area contributed by atoms with E-state index in [0.29, 0.717) is 10.8 Å². The van der Waals surface area contributed by atoms with Crippen LogP contribution in [0.5, 0.6) is 0 Å². The summed E-state index contributed by atoms with van der Waals surface area (Å²) < 4.78 is 1.51. The molecule has 0 atom stereocenters. The second-order valence-electron chi connectivity index (χ2n) is 3.41. The van der Waals surface area contributed by atoms with Crippen LogP contribution in [0.25, 0.3) is 0 Å². The average Bonchev–Trinajstić information content (AvgIpc) is 2.67. The summed E-state index contributed by atoms with van der Waals surface area (Å²) in [6.07, 6.45) is 3.30. The van der Waals surface area contributed by atoms with Crippen molar-refractivity contribution in [2.75, 3.05) is 5.32 Å². The van der Waals surface area contributed by atoms with Crippen molar-refractivity contribution in [1.29, 1.82) is 0 Å². The van der Waals surface area contributed by atoms with E-state index in [4.69, 9.17) is 11.6 Å². The number of hydrogen-bond acceptors (Lipinski definition) is 4. The molecule has 0 spiro atoms. The minimum atomic E-state index is -0.254. The Morgan fingerprint density at radius 3 is 3.00 bits per heavy atom. The Morgan fingerprint density at radius 1 is 1.53 bits per heavy atom. The summed E-state index contributed by atoms with van der Waals surface area (Å²) in [5.41, 5.74) is 0.694. The van der Waals surface area contributed by atoms with E-state index in [1.165, 1.54) is 4.68 Å². The van der Waals surface area contributed by atoms with E-state index in [-0.39, 0.29) is 18.4 Å². The van der Waals surface area contributed by atoms with Crippen molar-refractivity contribution in [2.24, 2.45) is 0 Å². The number of nitrogens with zero attached hydrogens (tertiary/aromatic N) is 4. The van der Waals surface area contributed by atoms with Gasteiger partial charge in [0.25, 0.3) is 0 Å². The van der Waals surface area contributed by atoms with Gasteiger partial charge in [0.05, 0.1) is 0 Å². The number of carbonyl (C=O) groups is 1. The lowest BCUT2D eigenvalue weighted by molar-refractivity contribution is -0.116. The van der Waals surface area contributed by atoms with Gasteiger partial charge in [-0.25, -0.2) is 9.97 Å². The molecule has 0 bridgehead atoms. The van der Waals surface area contributed by atoms with Gasteiger partial charge in [0.2, 0.25) is 11.9 Å². The van der Waals surface area contributed by atoms with Crippen LogP contribution in [-0.2, 0) is 11.3 Å². The highest BCUT2D eigenvalue weighted by molar-refractivity contribution is 6.29. The van der Waals surface area contributed by atoms with Gasteiger partial charge in [-0.05, 0) is 19.1 Å². The van der Waals surface area contributed by atoms with Crippen molar-refractivity contribution in [3.05, 3.63) is 35.4 Å². The maximum Gasteiger partial charge on any atom is 0.248 e. The fourth-order valence-corrected chi connectivity index (χ4v) is 1.53. The van der Waals surface area contributed by atoms with E-state index >= 15 is 0 Å². The molecule has 6 nitrogen and oxygen atoms in total. The lowest BCUT2D eigenvalue weighted by atomic mass is 10.4. The Bertz CT molecular complexity index is 505. The first-order valence-electron chi connectivity index (χ1n) is 4.92. The largest absolute Gasteiger partial charge is 0.293 e. The smallest absolute Gasteiger partial charge is 0.248 e. The Kier molecular flexibility index (Phi) is 3.34. The average molecular weight is 252 g/mol. The predicted octanol–water partition coefficient (Wildman–Crippen LogP) is 1.27. The van der Waals surface area contributed by atoms with Crippen molar-refractivity contribution in [2.45, 2.75) is 13.5 Å². The lowest BCUT2D eigenvalue weighted by Gasteiger charge is -2.04. The summed E-state index contributed by atoms with van der Waals surface area (Å²) in [5, 5.41) is 6.78. The van der Waals surface area contributed by atoms with Crippen LogP contribution < -0.4 is 5.32 Å². The van der Waals surface area contributed by atoms with E-state index in [2.05, 4.69) is 20.4 Å². The molecule has 0 aliphatic rings. The zero-order valence-electron chi connectivity index (χ0n) is 9.09. The molecule has 1 N–H and O–H groups in total. The molecule has 0 aliphatic heterocycles. The molecule has 2 aromatic heterocycles. The topological polar surface area (TPSA) is 72.7 Å². The molecule has 88 valence electrons. The van der Waals surface area contributed by atoms with E-state index in [1.54, 1.807) is 31.5 Å². The molecule has 0 saturated heterocycles. The van der Waals surface area contributed by atoms with Gasteiger partial charge in [0, 0.05) is 18.1 Å². The summed E-state index contributed by atoms with van der Waals surface area (Å²) in [6, 6.07) is 3.36. The number of hydrogen-bond donors (Lipinski definition) is 1. The third kappa shape index (κ3) is 3.25. The summed E-state index contributed by atoms with van der Waals surface area (Å²) >= 11 is 5.76. The fraction of sp³-hybridized carbons (Fsp3) is 0.200. The molecule has 0 saturated carbocycles. The Morgan fingerprint density at radius 2 is 2.35 bits per heavy atom. The molecular weight excluding hydrogens is 242 g/mol. The molecular formula is C10H10ClN5O. The van der Waals surface area contributed by atoms with Crippen LogP contribution in [0.1, 0.15) is 5.69 Å². The minimum Gasteiger partial charge on any atom is -0.293 e. The van der Waals surface area contributed by atoms with Crippen LogP contribution in [-0.4, -0.2) is 25.7 Å². The first-order valence-corrected chi connectivity index (χ1v) is 5.30. The van der Waals surface area contributed by atoms with Crippen LogP contribution in [0.2, 0.25) is 5.15 Å². The summed E-state index contributed by atoms with van der Waals surface area (Å²) in [4.78, 5) is 19.5. The summed E-state index contributed by atoms with van der Waals surface area (Å²) in [7, 11) is 0. The van der Waals surface area contributed by atoms with Crippen LogP contribution >= 0.6 is 11.6 Å². The highest BCUT2D eigenvalue weighted by Crippen LogP contribution is 2.09. The molecule has 0 radical (unpaired) electrons. The van der Waals surface area contributed by atoms with Crippen molar-refractivity contribution < 1.29 is 4.79 Å². The number of halogens is 1. The quantitative estimate of drug-likeness (QED) is 0.834. The Hall–Kier alpha value is -1.95. The first-order chi connectivity index (χ1) is 8.13. The van der Waals surface area contributed by atoms with Gasteiger partial charge in [-0.3, -0.25) is 14.8 Å². The number of amides is 1. The maximum atomic E-state index is 11.6. The van der Waals surface area contributed by atoms with Gasteiger partial charge in [0.15, 0.2) is 0 Å². The second kappa shape index (κ2) is 4.92. The van der Waals surface area contributed by atoms with Crippen LogP contribution in [0.3, 0.4) is 0 Å². The van der Waals surface area contributed by atoms with E-state index in [0.717, 1.165) is 0 Å². The van der Waals surface area contributed by atoms with E-state index in [1.807, 2.05) is 0 Å². The number of aromatic nitrogens is 4. The number of anilines is 1. The monoisotopic (exact) mass is 251 g/mol. The third-order valence-electron chi connectivity index (χ3n) is 1.94. The zero-order valence-corrected chi connectivity index (χ0v) is 9.85. The number of nitrogens with one attached hydrogen (secondary N) is 1. The standard InChI is InChI=1S/C10H10ClN5O/c1-7-5-8(11)14-10(13-7)15-9(17)6-16-4-2-3-12-16/h2-5H,6H2,1H3,(H,13,14,15,17). The van der Waals surface area contributed by atoms with Crippen molar-refractivity contribution in [3.8, 4) is 0 Å². The second-order valence-corrected chi connectivity index (χ2v) is 3.79. The highest BCUT2D eigenvalue weighted by atomic mass is 35.5. The van der Waals surface area contributed by atoms with Gasteiger partial charge in [-0.1, -0.05) is 11.6 Å². The lowest BCUT2D eigenvalue weighted by Crippen LogP contribution is -2.20. The van der Waals surface area contributed by atoms with Gasteiger partial charge < -0.3 is 0 Å². The van der Waals surface area contributed by atoms with Gasteiger partial charge in [-0.15, -0.1) is 0 Å². The predicted molar refractivity (Wildman–Crippen MR) is 62.6 cm³/mol. The van der Waals surface area contributed by atoms with Gasteiger partial charge in [-0.2, -0.15) is 5.10 Å². The molecule has 1 amide bonds. The third-order valence-corrected chi connectivity index (χ3v) is 2.13. The molecule has 0 fully saturated rings. The molecule has 2 aromatic rings. The number of carbonyl (C=O) groups excluding carboxylic acids is 1.